The van der Waals surface area contributed by atoms with Crippen molar-refractivity contribution in [3.63, 3.8) is 0 Å². The summed E-state index contributed by atoms with van der Waals surface area (Å²) in [5, 5.41) is 6.38. The number of nitrogens with zero attached hydrogens (tertiary/aromatic N) is 3. The Hall–Kier alpha value is -7.41. The van der Waals surface area contributed by atoms with Gasteiger partial charge in [-0.2, -0.15) is 0 Å². The van der Waals surface area contributed by atoms with Gasteiger partial charge in [0.15, 0.2) is 17.5 Å². The smallest absolute Gasteiger partial charge is 0.165 e. The van der Waals surface area contributed by atoms with Gasteiger partial charge in [0.25, 0.3) is 0 Å². The van der Waals surface area contributed by atoms with Gasteiger partial charge in [0, 0.05) is 63.8 Å². The maximum absolute atomic E-state index is 6.59. The zero-order chi connectivity index (χ0) is 39.7. The highest BCUT2D eigenvalue weighted by atomic mass is 32.1. The van der Waals surface area contributed by atoms with E-state index in [9.17, 15) is 0 Å². The summed E-state index contributed by atoms with van der Waals surface area (Å²) in [7, 11) is 0. The Labute approximate surface area is 348 Å². The summed E-state index contributed by atoms with van der Waals surface area (Å²) in [5.74, 6) is 1.76. The van der Waals surface area contributed by atoms with E-state index in [1.54, 1.807) is 11.3 Å². The van der Waals surface area contributed by atoms with Crippen molar-refractivity contribution in [2.24, 2.45) is 0 Å². The van der Waals surface area contributed by atoms with Gasteiger partial charge in [0.05, 0.1) is 0 Å². The quantitative estimate of drug-likeness (QED) is 0.178. The highest BCUT2D eigenvalue weighted by Gasteiger charge is 2.35. The molecule has 0 radical (unpaired) electrons. The Bertz CT molecular complexity index is 3770. The molecule has 0 unspecified atom stereocenters. The van der Waals surface area contributed by atoms with E-state index in [1.807, 2.05) is 42.5 Å². The number of rotatable bonds is 4. The van der Waals surface area contributed by atoms with Crippen molar-refractivity contribution in [1.82, 2.24) is 15.0 Å². The zero-order valence-electron chi connectivity index (χ0n) is 32.7. The maximum atomic E-state index is 6.59. The van der Waals surface area contributed by atoms with E-state index in [4.69, 9.17) is 23.8 Å². The molecule has 13 rings (SSSR count). The fourth-order valence-electron chi connectivity index (χ4n) is 9.79. The van der Waals surface area contributed by atoms with E-state index in [-0.39, 0.29) is 5.41 Å². The summed E-state index contributed by atoms with van der Waals surface area (Å²) in [6.07, 6.45) is 0. The van der Waals surface area contributed by atoms with Crippen molar-refractivity contribution < 1.29 is 8.83 Å². The number of aromatic nitrogens is 3. The number of para-hydroxylation sites is 2. The third kappa shape index (κ3) is 4.71. The highest BCUT2D eigenvalue weighted by Crippen LogP contribution is 2.51. The average molecular weight is 788 g/mol. The van der Waals surface area contributed by atoms with Crippen LogP contribution in [0.25, 0.3) is 120 Å². The highest BCUT2D eigenvalue weighted by molar-refractivity contribution is 7.26. The van der Waals surface area contributed by atoms with Crippen molar-refractivity contribution in [2.75, 3.05) is 0 Å². The zero-order valence-corrected chi connectivity index (χ0v) is 33.5. The monoisotopic (exact) mass is 787 g/mol. The lowest BCUT2D eigenvalue weighted by Gasteiger charge is -2.21. The van der Waals surface area contributed by atoms with Crippen LogP contribution in [0.5, 0.6) is 0 Å². The molecule has 0 saturated carbocycles. The Kier molecular flexibility index (Phi) is 6.88. The maximum Gasteiger partial charge on any atom is 0.165 e. The summed E-state index contributed by atoms with van der Waals surface area (Å²) in [6, 6.07) is 57.6. The molecular weight excluding hydrogens is 755 g/mol. The molecule has 0 fully saturated rings. The number of benzene rings is 8. The standard InChI is InChI=1S/C54H33N3O2S/c1-54(2)40-20-7-3-13-32(40)39-29-30(25-27-41(39)54)31-26-28-45-48(36-16-5-9-22-43(36)59-45)49(31)53-56-51(37-18-12-23-44-47(37)35-15-4-8-21-42(35)58-44)55-52(57-53)38-19-11-17-34-33-14-6-10-24-46(33)60-50(34)38/h3-29H,1-2H3. The largest absolute Gasteiger partial charge is 0.456 e. The van der Waals surface area contributed by atoms with Crippen molar-refractivity contribution in [1.29, 1.82) is 0 Å². The van der Waals surface area contributed by atoms with Crippen LogP contribution < -0.4 is 0 Å². The first kappa shape index (κ1) is 33.6. The molecule has 0 bridgehead atoms. The molecule has 4 heterocycles. The molecule has 0 spiro atoms. The van der Waals surface area contributed by atoms with Gasteiger partial charge in [0.1, 0.15) is 22.3 Å². The average Bonchev–Trinajstić information content (AvgIpc) is 4.04. The lowest BCUT2D eigenvalue weighted by atomic mass is 9.82. The molecule has 282 valence electrons. The minimum absolute atomic E-state index is 0.109. The minimum atomic E-state index is -0.109. The second-order valence-corrected chi connectivity index (χ2v) is 17.3. The van der Waals surface area contributed by atoms with Gasteiger partial charge in [0.2, 0.25) is 0 Å². The van der Waals surface area contributed by atoms with Crippen LogP contribution in [0.1, 0.15) is 25.0 Å². The Morgan fingerprint density at radius 3 is 1.83 bits per heavy atom. The molecule has 0 saturated heterocycles. The third-order valence-corrected chi connectivity index (χ3v) is 13.8. The molecule has 0 N–H and O–H groups in total. The number of fused-ring (bicyclic) bond motifs is 12. The molecule has 0 amide bonds. The Morgan fingerprint density at radius 1 is 0.417 bits per heavy atom. The molecule has 5 nitrogen and oxygen atoms in total. The summed E-state index contributed by atoms with van der Waals surface area (Å²) in [6.45, 7) is 4.64. The van der Waals surface area contributed by atoms with Crippen LogP contribution in [-0.4, -0.2) is 15.0 Å². The van der Waals surface area contributed by atoms with Gasteiger partial charge in [-0.3, -0.25) is 0 Å². The van der Waals surface area contributed by atoms with E-state index in [2.05, 4.69) is 135 Å². The fourth-order valence-corrected chi connectivity index (χ4v) is 11.0. The molecule has 6 heteroatoms. The summed E-state index contributed by atoms with van der Waals surface area (Å²) < 4.78 is 15.4. The number of hydrogen-bond acceptors (Lipinski definition) is 6. The topological polar surface area (TPSA) is 65.0 Å². The predicted molar refractivity (Wildman–Crippen MR) is 247 cm³/mol. The Morgan fingerprint density at radius 2 is 1.00 bits per heavy atom. The van der Waals surface area contributed by atoms with E-state index >= 15 is 0 Å². The molecular formula is C54H33N3O2S. The third-order valence-electron chi connectivity index (χ3n) is 12.6. The van der Waals surface area contributed by atoms with Gasteiger partial charge in [-0.25, -0.2) is 15.0 Å². The van der Waals surface area contributed by atoms with Crippen LogP contribution in [-0.2, 0) is 5.41 Å². The van der Waals surface area contributed by atoms with Crippen LogP contribution in [0.4, 0.5) is 0 Å². The Balaban J connectivity index is 1.15. The van der Waals surface area contributed by atoms with E-state index < -0.39 is 0 Å². The second-order valence-electron chi connectivity index (χ2n) is 16.3. The van der Waals surface area contributed by atoms with Gasteiger partial charge in [-0.05, 0) is 81.9 Å². The lowest BCUT2D eigenvalue weighted by molar-refractivity contribution is 0.660. The molecule has 1 aliphatic rings. The second kappa shape index (κ2) is 12.3. The van der Waals surface area contributed by atoms with Crippen LogP contribution >= 0.6 is 11.3 Å². The molecule has 1 aliphatic carbocycles. The number of thiophene rings is 1. The first-order valence-corrected chi connectivity index (χ1v) is 21.1. The number of hydrogen-bond donors (Lipinski definition) is 0. The summed E-state index contributed by atoms with van der Waals surface area (Å²) in [5.41, 5.74) is 13.1. The molecule has 4 aromatic heterocycles. The summed E-state index contributed by atoms with van der Waals surface area (Å²) >= 11 is 1.77. The van der Waals surface area contributed by atoms with Gasteiger partial charge < -0.3 is 8.83 Å². The van der Waals surface area contributed by atoms with Gasteiger partial charge in [-0.15, -0.1) is 11.3 Å². The lowest BCUT2D eigenvalue weighted by Crippen LogP contribution is -2.14. The van der Waals surface area contributed by atoms with E-state index in [0.717, 1.165) is 76.4 Å². The predicted octanol–water partition coefficient (Wildman–Crippen LogP) is 15.0. The first-order chi connectivity index (χ1) is 29.5. The van der Waals surface area contributed by atoms with Crippen LogP contribution in [0.3, 0.4) is 0 Å². The van der Waals surface area contributed by atoms with Crippen molar-refractivity contribution in [2.45, 2.75) is 19.3 Å². The molecule has 0 aliphatic heterocycles. The SMILES string of the molecule is CC1(C)c2ccccc2-c2cc(-c3ccc4oc5ccccc5c4c3-c3nc(-c4cccc5c4sc4ccccc45)nc(-c4cccc5oc6ccccc6c45)n3)ccc21. The molecule has 8 aromatic carbocycles. The van der Waals surface area contributed by atoms with Crippen LogP contribution in [0, 0.1) is 0 Å². The van der Waals surface area contributed by atoms with Gasteiger partial charge >= 0.3 is 0 Å². The van der Waals surface area contributed by atoms with Crippen LogP contribution in [0.15, 0.2) is 173 Å². The number of furan rings is 2. The van der Waals surface area contributed by atoms with Crippen molar-refractivity contribution >= 4 is 75.4 Å². The first-order valence-electron chi connectivity index (χ1n) is 20.3. The van der Waals surface area contributed by atoms with Gasteiger partial charge in [-0.1, -0.05) is 129 Å². The van der Waals surface area contributed by atoms with E-state index in [1.165, 1.54) is 37.7 Å². The molecule has 60 heavy (non-hydrogen) atoms. The van der Waals surface area contributed by atoms with Crippen LogP contribution in [0.2, 0.25) is 0 Å². The fraction of sp³-hybridized carbons (Fsp3) is 0.0556. The summed E-state index contributed by atoms with van der Waals surface area (Å²) in [4.78, 5) is 16.4. The molecule has 0 atom stereocenters. The minimum Gasteiger partial charge on any atom is -0.456 e. The normalized spacial score (nSPS) is 13.3. The molecule has 12 aromatic rings. The van der Waals surface area contributed by atoms with E-state index in [0.29, 0.717) is 17.5 Å². The van der Waals surface area contributed by atoms with Crippen molar-refractivity contribution in [3.8, 4) is 56.4 Å². The van der Waals surface area contributed by atoms with Crippen molar-refractivity contribution in [3.05, 3.63) is 175 Å².